The average molecular weight is 220 g/mol. The molecule has 0 bridgehead atoms. The predicted octanol–water partition coefficient (Wildman–Crippen LogP) is 2.51. The zero-order valence-corrected chi connectivity index (χ0v) is 9.93. The lowest BCUT2D eigenvalue weighted by atomic mass is 10.1. The highest BCUT2D eigenvalue weighted by atomic mass is 35.5. The van der Waals surface area contributed by atoms with Crippen molar-refractivity contribution in [2.45, 2.75) is 38.2 Å². The molecule has 0 spiro atoms. The van der Waals surface area contributed by atoms with E-state index in [9.17, 15) is 0 Å². The van der Waals surface area contributed by atoms with Crippen molar-refractivity contribution in [1.29, 1.82) is 0 Å². The fourth-order valence-corrected chi connectivity index (χ4v) is 2.16. The Kier molecular flexibility index (Phi) is 6.57. The quantitative estimate of drug-likeness (QED) is 0.503. The number of nitrogens with zero attached hydrogens (tertiary/aromatic N) is 1. The number of hydrogen-bond donors (Lipinski definition) is 0. The molecule has 0 amide bonds. The van der Waals surface area contributed by atoms with E-state index in [1.165, 1.54) is 45.3 Å². The largest absolute Gasteiger partial charge is 0.381 e. The fourth-order valence-electron chi connectivity index (χ4n) is 1.98. The van der Waals surface area contributed by atoms with Crippen LogP contribution in [0, 0.1) is 0 Å². The molecule has 0 aromatic rings. The maximum absolute atomic E-state index is 5.63. The van der Waals surface area contributed by atoms with Gasteiger partial charge in [-0.25, -0.2) is 0 Å². The lowest BCUT2D eigenvalue weighted by Gasteiger charge is -2.31. The third-order valence-electron chi connectivity index (χ3n) is 2.98. The molecule has 0 saturated carbocycles. The van der Waals surface area contributed by atoms with Gasteiger partial charge >= 0.3 is 0 Å². The number of unbranched alkanes of at least 4 members (excludes halogenated alkanes) is 2. The Balaban J connectivity index is 1.98. The molecule has 1 aliphatic rings. The molecule has 14 heavy (non-hydrogen) atoms. The first-order chi connectivity index (χ1) is 6.86. The lowest BCUT2D eigenvalue weighted by molar-refractivity contribution is 0.0407. The van der Waals surface area contributed by atoms with Crippen LogP contribution in [0.15, 0.2) is 0 Å². The molecule has 0 N–H and O–H groups in total. The summed E-state index contributed by atoms with van der Waals surface area (Å²) >= 11 is 5.63. The van der Waals surface area contributed by atoms with E-state index in [-0.39, 0.29) is 0 Å². The van der Waals surface area contributed by atoms with Crippen LogP contribution in [-0.4, -0.2) is 43.6 Å². The van der Waals surface area contributed by atoms with Gasteiger partial charge in [0.15, 0.2) is 0 Å². The molecule has 1 heterocycles. The molecule has 1 saturated heterocycles. The second-order valence-corrected chi connectivity index (χ2v) is 4.40. The number of likely N-dealkylation sites (tertiary alicyclic amines) is 1. The molecule has 0 aromatic heterocycles. The lowest BCUT2D eigenvalue weighted by Crippen LogP contribution is -2.37. The fraction of sp³-hybridized carbons (Fsp3) is 1.00. The number of piperidine rings is 1. The molecule has 2 nitrogen and oxygen atoms in total. The first kappa shape index (κ1) is 12.3. The van der Waals surface area contributed by atoms with E-state index < -0.39 is 0 Å². The number of ether oxygens (including phenoxy) is 1. The Labute approximate surface area is 92.6 Å². The molecule has 1 rings (SSSR count). The van der Waals surface area contributed by atoms with Crippen LogP contribution in [0.2, 0.25) is 0 Å². The van der Waals surface area contributed by atoms with Gasteiger partial charge in [-0.15, -0.1) is 11.6 Å². The molecule has 0 aromatic carbocycles. The van der Waals surface area contributed by atoms with Gasteiger partial charge in [-0.05, 0) is 32.2 Å². The first-order valence-electron chi connectivity index (χ1n) is 5.68. The standard InChI is InChI=1S/C11H22ClNO/c1-14-11-5-9-13(10-6-11)8-4-2-3-7-12/h11H,2-10H2,1H3. The third kappa shape index (κ3) is 4.63. The van der Waals surface area contributed by atoms with E-state index in [4.69, 9.17) is 16.3 Å². The summed E-state index contributed by atoms with van der Waals surface area (Å²) < 4.78 is 5.34. The van der Waals surface area contributed by atoms with Gasteiger partial charge in [0.25, 0.3) is 0 Å². The molecule has 1 fully saturated rings. The third-order valence-corrected chi connectivity index (χ3v) is 3.24. The Morgan fingerprint density at radius 2 is 1.93 bits per heavy atom. The molecular formula is C11H22ClNO. The van der Waals surface area contributed by atoms with Crippen molar-refractivity contribution in [3.05, 3.63) is 0 Å². The van der Waals surface area contributed by atoms with Crippen molar-refractivity contribution < 1.29 is 4.74 Å². The summed E-state index contributed by atoms with van der Waals surface area (Å²) in [6.45, 7) is 3.66. The summed E-state index contributed by atoms with van der Waals surface area (Å²) in [5.41, 5.74) is 0. The topological polar surface area (TPSA) is 12.5 Å². The number of methoxy groups -OCH3 is 1. The van der Waals surface area contributed by atoms with Gasteiger partial charge in [0.1, 0.15) is 0 Å². The van der Waals surface area contributed by atoms with Gasteiger partial charge in [0, 0.05) is 26.1 Å². The maximum Gasteiger partial charge on any atom is 0.0595 e. The summed E-state index contributed by atoms with van der Waals surface area (Å²) in [6, 6.07) is 0. The smallest absolute Gasteiger partial charge is 0.0595 e. The maximum atomic E-state index is 5.63. The minimum atomic E-state index is 0.508. The van der Waals surface area contributed by atoms with Crippen LogP contribution >= 0.6 is 11.6 Å². The zero-order chi connectivity index (χ0) is 10.2. The second-order valence-electron chi connectivity index (χ2n) is 4.03. The Morgan fingerprint density at radius 1 is 1.21 bits per heavy atom. The monoisotopic (exact) mass is 219 g/mol. The van der Waals surface area contributed by atoms with E-state index in [2.05, 4.69) is 4.90 Å². The summed E-state index contributed by atoms with van der Waals surface area (Å²) in [4.78, 5) is 2.55. The van der Waals surface area contributed by atoms with Crippen LogP contribution in [0.1, 0.15) is 32.1 Å². The minimum absolute atomic E-state index is 0.508. The van der Waals surface area contributed by atoms with Crippen LogP contribution in [0.25, 0.3) is 0 Å². The van der Waals surface area contributed by atoms with Crippen LogP contribution in [0.3, 0.4) is 0 Å². The van der Waals surface area contributed by atoms with Crippen LogP contribution < -0.4 is 0 Å². The summed E-state index contributed by atoms with van der Waals surface area (Å²) in [5, 5.41) is 0. The molecular weight excluding hydrogens is 198 g/mol. The highest BCUT2D eigenvalue weighted by molar-refractivity contribution is 6.17. The van der Waals surface area contributed by atoms with Gasteiger partial charge < -0.3 is 9.64 Å². The first-order valence-corrected chi connectivity index (χ1v) is 6.21. The van der Waals surface area contributed by atoms with Gasteiger partial charge in [-0.2, -0.15) is 0 Å². The second kappa shape index (κ2) is 7.49. The van der Waals surface area contributed by atoms with E-state index in [1.807, 2.05) is 7.11 Å². The van der Waals surface area contributed by atoms with Crippen molar-refractivity contribution in [2.24, 2.45) is 0 Å². The van der Waals surface area contributed by atoms with Gasteiger partial charge in [0.05, 0.1) is 6.10 Å². The van der Waals surface area contributed by atoms with Crippen molar-refractivity contribution in [3.8, 4) is 0 Å². The number of rotatable bonds is 6. The highest BCUT2D eigenvalue weighted by Crippen LogP contribution is 2.13. The van der Waals surface area contributed by atoms with Crippen molar-refractivity contribution in [1.82, 2.24) is 4.90 Å². The predicted molar refractivity (Wildman–Crippen MR) is 61.0 cm³/mol. The van der Waals surface area contributed by atoms with Gasteiger partial charge in [-0.1, -0.05) is 6.42 Å². The van der Waals surface area contributed by atoms with Crippen molar-refractivity contribution >= 4 is 11.6 Å². The molecule has 0 unspecified atom stereocenters. The van der Waals surface area contributed by atoms with Gasteiger partial charge in [-0.3, -0.25) is 0 Å². The normalized spacial score (nSPS) is 20.1. The summed E-state index contributed by atoms with van der Waals surface area (Å²) in [7, 11) is 1.82. The molecule has 0 radical (unpaired) electrons. The van der Waals surface area contributed by atoms with Crippen molar-refractivity contribution in [3.63, 3.8) is 0 Å². The molecule has 84 valence electrons. The Bertz CT molecular complexity index is 135. The van der Waals surface area contributed by atoms with Crippen LogP contribution in [0.5, 0.6) is 0 Å². The average Bonchev–Trinajstić information content (AvgIpc) is 2.25. The van der Waals surface area contributed by atoms with E-state index in [1.54, 1.807) is 0 Å². The van der Waals surface area contributed by atoms with Crippen molar-refractivity contribution in [2.75, 3.05) is 32.6 Å². The van der Waals surface area contributed by atoms with E-state index in [0.717, 1.165) is 12.3 Å². The van der Waals surface area contributed by atoms with Crippen LogP contribution in [-0.2, 0) is 4.74 Å². The SMILES string of the molecule is COC1CCN(CCCCCCl)CC1. The Morgan fingerprint density at radius 3 is 2.50 bits per heavy atom. The van der Waals surface area contributed by atoms with E-state index in [0.29, 0.717) is 6.10 Å². The minimum Gasteiger partial charge on any atom is -0.381 e. The van der Waals surface area contributed by atoms with E-state index >= 15 is 0 Å². The zero-order valence-electron chi connectivity index (χ0n) is 9.17. The molecule has 0 aliphatic carbocycles. The molecule has 1 aliphatic heterocycles. The number of alkyl halides is 1. The number of hydrogen-bond acceptors (Lipinski definition) is 2. The summed E-state index contributed by atoms with van der Waals surface area (Å²) in [5.74, 6) is 0.811. The molecule has 0 atom stereocenters. The highest BCUT2D eigenvalue weighted by Gasteiger charge is 2.17. The van der Waals surface area contributed by atoms with Gasteiger partial charge in [0.2, 0.25) is 0 Å². The Hall–Kier alpha value is 0.210. The number of halogens is 1. The summed E-state index contributed by atoms with van der Waals surface area (Å²) in [6.07, 6.45) is 6.64. The molecule has 3 heteroatoms. The van der Waals surface area contributed by atoms with Crippen LogP contribution in [0.4, 0.5) is 0 Å².